The van der Waals surface area contributed by atoms with Crippen LogP contribution >= 0.6 is 0 Å². The van der Waals surface area contributed by atoms with Crippen LogP contribution in [0, 0.1) is 5.92 Å². The Morgan fingerprint density at radius 3 is 2.89 bits per heavy atom. The molecule has 1 aliphatic heterocycles. The maximum Gasteiger partial charge on any atom is 0.0451 e. The summed E-state index contributed by atoms with van der Waals surface area (Å²) in [6, 6.07) is 7.03. The Morgan fingerprint density at radius 1 is 1.17 bits per heavy atom. The van der Waals surface area contributed by atoms with Gasteiger partial charge in [0.25, 0.3) is 0 Å². The molecule has 2 unspecified atom stereocenters. The van der Waals surface area contributed by atoms with Crippen molar-refractivity contribution in [2.75, 3.05) is 17.2 Å². The van der Waals surface area contributed by atoms with E-state index in [0.717, 1.165) is 23.0 Å². The lowest BCUT2D eigenvalue weighted by atomic mass is 10.1. The molecule has 3 heteroatoms. The first-order valence-electron chi connectivity index (χ1n) is 6.72. The van der Waals surface area contributed by atoms with E-state index in [9.17, 15) is 0 Å². The van der Waals surface area contributed by atoms with Gasteiger partial charge in [-0.3, -0.25) is 4.98 Å². The van der Waals surface area contributed by atoms with Gasteiger partial charge >= 0.3 is 0 Å². The molecule has 0 radical (unpaired) electrons. The van der Waals surface area contributed by atoms with Crippen LogP contribution in [0.5, 0.6) is 0 Å². The number of fused-ring (bicyclic) bond motifs is 3. The monoisotopic (exact) mass is 239 g/mol. The summed E-state index contributed by atoms with van der Waals surface area (Å²) in [5.41, 5.74) is 8.21. The van der Waals surface area contributed by atoms with Crippen molar-refractivity contribution < 1.29 is 0 Å². The SMILES string of the molecule is Nc1ccc(N2CC3CCC2C3)c2ccncc12. The Bertz CT molecular complexity index is 608. The largest absolute Gasteiger partial charge is 0.398 e. The van der Waals surface area contributed by atoms with Gasteiger partial charge in [0.1, 0.15) is 0 Å². The van der Waals surface area contributed by atoms with Gasteiger partial charge in [-0.2, -0.15) is 0 Å². The Morgan fingerprint density at radius 2 is 2.11 bits per heavy atom. The Labute approximate surface area is 107 Å². The first-order valence-corrected chi connectivity index (χ1v) is 6.72. The molecule has 2 heterocycles. The van der Waals surface area contributed by atoms with E-state index < -0.39 is 0 Å². The molecule has 1 aromatic heterocycles. The normalized spacial score (nSPS) is 26.1. The second kappa shape index (κ2) is 3.61. The van der Waals surface area contributed by atoms with Gasteiger partial charge in [0.05, 0.1) is 0 Å². The summed E-state index contributed by atoms with van der Waals surface area (Å²) >= 11 is 0. The number of hydrogen-bond acceptors (Lipinski definition) is 3. The van der Waals surface area contributed by atoms with Crippen LogP contribution in [0.1, 0.15) is 19.3 Å². The van der Waals surface area contributed by atoms with E-state index in [1.807, 2.05) is 18.5 Å². The lowest BCUT2D eigenvalue weighted by Gasteiger charge is -2.30. The van der Waals surface area contributed by atoms with Crippen LogP contribution in [0.2, 0.25) is 0 Å². The quantitative estimate of drug-likeness (QED) is 0.778. The second-order valence-electron chi connectivity index (χ2n) is 5.58. The number of rotatable bonds is 1. The summed E-state index contributed by atoms with van der Waals surface area (Å²) < 4.78 is 0. The number of nitrogens with two attached hydrogens (primary N) is 1. The summed E-state index contributed by atoms with van der Waals surface area (Å²) in [6.45, 7) is 1.21. The summed E-state index contributed by atoms with van der Waals surface area (Å²) in [5.74, 6) is 0.907. The van der Waals surface area contributed by atoms with E-state index in [4.69, 9.17) is 5.73 Å². The summed E-state index contributed by atoms with van der Waals surface area (Å²) in [4.78, 5) is 6.77. The average molecular weight is 239 g/mol. The molecule has 4 rings (SSSR count). The van der Waals surface area contributed by atoms with Crippen molar-refractivity contribution in [1.82, 2.24) is 4.98 Å². The molecule has 18 heavy (non-hydrogen) atoms. The molecule has 2 fully saturated rings. The minimum Gasteiger partial charge on any atom is -0.398 e. The van der Waals surface area contributed by atoms with Crippen LogP contribution in [0.4, 0.5) is 11.4 Å². The van der Waals surface area contributed by atoms with Gasteiger partial charge < -0.3 is 10.6 Å². The molecule has 1 aliphatic carbocycles. The first-order chi connectivity index (χ1) is 8.83. The number of pyridine rings is 1. The number of nitrogen functional groups attached to an aromatic ring is 1. The molecule has 2 aromatic rings. The maximum atomic E-state index is 6.04. The van der Waals surface area contributed by atoms with Crippen molar-refractivity contribution in [3.63, 3.8) is 0 Å². The van der Waals surface area contributed by atoms with Crippen LogP contribution in [0.3, 0.4) is 0 Å². The molecule has 1 saturated heterocycles. The van der Waals surface area contributed by atoms with Crippen molar-refractivity contribution >= 4 is 22.1 Å². The van der Waals surface area contributed by atoms with Gasteiger partial charge in [0, 0.05) is 47.1 Å². The summed E-state index contributed by atoms with van der Waals surface area (Å²) in [5, 5.41) is 2.33. The number of benzene rings is 1. The fraction of sp³-hybridized carbons (Fsp3) is 0.400. The third-order valence-electron chi connectivity index (χ3n) is 4.55. The van der Waals surface area contributed by atoms with Crippen LogP contribution in [-0.4, -0.2) is 17.6 Å². The van der Waals surface area contributed by atoms with Crippen LogP contribution < -0.4 is 10.6 Å². The Kier molecular flexibility index (Phi) is 2.04. The van der Waals surface area contributed by atoms with Crippen LogP contribution in [0.25, 0.3) is 10.8 Å². The highest BCUT2D eigenvalue weighted by Crippen LogP contribution is 2.42. The van der Waals surface area contributed by atoms with E-state index in [0.29, 0.717) is 0 Å². The van der Waals surface area contributed by atoms with E-state index in [1.54, 1.807) is 0 Å². The molecule has 2 atom stereocenters. The number of piperidine rings is 1. The van der Waals surface area contributed by atoms with Gasteiger partial charge in [-0.15, -0.1) is 0 Å². The zero-order chi connectivity index (χ0) is 12.1. The predicted molar refractivity (Wildman–Crippen MR) is 74.6 cm³/mol. The van der Waals surface area contributed by atoms with Crippen molar-refractivity contribution in [3.8, 4) is 0 Å². The molecule has 1 aromatic carbocycles. The standard InChI is InChI=1S/C15H17N3/c16-14-3-4-15(12-5-6-17-8-13(12)14)18-9-10-1-2-11(18)7-10/h3-6,8,10-11H,1-2,7,9,16H2. The number of hydrogen-bond donors (Lipinski definition) is 1. The molecular formula is C15H17N3. The van der Waals surface area contributed by atoms with Gasteiger partial charge in [-0.1, -0.05) is 0 Å². The molecule has 92 valence electrons. The number of aromatic nitrogens is 1. The highest BCUT2D eigenvalue weighted by atomic mass is 15.2. The number of nitrogens with zero attached hydrogens (tertiary/aromatic N) is 2. The molecule has 0 spiro atoms. The van der Waals surface area contributed by atoms with Gasteiger partial charge in [0.15, 0.2) is 0 Å². The minimum absolute atomic E-state index is 0.745. The Balaban J connectivity index is 1.88. The topological polar surface area (TPSA) is 42.1 Å². The minimum atomic E-state index is 0.745. The highest BCUT2D eigenvalue weighted by Gasteiger charge is 2.38. The number of anilines is 2. The van der Waals surface area contributed by atoms with Crippen LogP contribution in [0.15, 0.2) is 30.6 Å². The maximum absolute atomic E-state index is 6.04. The van der Waals surface area contributed by atoms with E-state index in [2.05, 4.69) is 22.0 Å². The molecular weight excluding hydrogens is 222 g/mol. The van der Waals surface area contributed by atoms with Crippen molar-refractivity contribution in [2.24, 2.45) is 5.92 Å². The van der Waals surface area contributed by atoms with E-state index in [1.165, 1.54) is 36.9 Å². The van der Waals surface area contributed by atoms with Crippen molar-refractivity contribution in [2.45, 2.75) is 25.3 Å². The molecule has 1 saturated carbocycles. The molecule has 2 N–H and O–H groups in total. The smallest absolute Gasteiger partial charge is 0.0451 e. The predicted octanol–water partition coefficient (Wildman–Crippen LogP) is 2.81. The average Bonchev–Trinajstić information content (AvgIpc) is 3.02. The fourth-order valence-corrected chi connectivity index (χ4v) is 3.67. The molecule has 2 bridgehead atoms. The zero-order valence-corrected chi connectivity index (χ0v) is 10.3. The van der Waals surface area contributed by atoms with E-state index >= 15 is 0 Å². The summed E-state index contributed by atoms with van der Waals surface area (Å²) in [6.07, 6.45) is 7.87. The van der Waals surface area contributed by atoms with Crippen molar-refractivity contribution in [1.29, 1.82) is 0 Å². The molecule has 3 nitrogen and oxygen atoms in total. The van der Waals surface area contributed by atoms with Gasteiger partial charge in [-0.25, -0.2) is 0 Å². The fourth-order valence-electron chi connectivity index (χ4n) is 3.67. The van der Waals surface area contributed by atoms with Gasteiger partial charge in [0.2, 0.25) is 0 Å². The van der Waals surface area contributed by atoms with Crippen LogP contribution in [-0.2, 0) is 0 Å². The third kappa shape index (κ3) is 1.33. The Hall–Kier alpha value is -1.77. The molecule has 0 amide bonds. The highest BCUT2D eigenvalue weighted by molar-refractivity contribution is 6.01. The molecule has 2 aliphatic rings. The van der Waals surface area contributed by atoms with Gasteiger partial charge in [-0.05, 0) is 43.4 Å². The lowest BCUT2D eigenvalue weighted by molar-refractivity contribution is 0.554. The lowest BCUT2D eigenvalue weighted by Crippen LogP contribution is -2.31. The van der Waals surface area contributed by atoms with Crippen molar-refractivity contribution in [3.05, 3.63) is 30.6 Å². The third-order valence-corrected chi connectivity index (χ3v) is 4.55. The summed E-state index contributed by atoms with van der Waals surface area (Å²) in [7, 11) is 0. The zero-order valence-electron chi connectivity index (χ0n) is 10.3. The van der Waals surface area contributed by atoms with E-state index in [-0.39, 0.29) is 0 Å². The first kappa shape index (κ1) is 10.2. The second-order valence-corrected chi connectivity index (χ2v) is 5.58.